The highest BCUT2D eigenvalue weighted by Gasteiger charge is 2.20. The molecule has 158 valence electrons. The number of aromatic nitrogens is 2. The minimum Gasteiger partial charge on any atom is -0.478 e. The van der Waals surface area contributed by atoms with Gasteiger partial charge in [-0.1, -0.05) is 39.3 Å². The van der Waals surface area contributed by atoms with E-state index in [-0.39, 0.29) is 17.5 Å². The Morgan fingerprint density at radius 3 is 2.48 bits per heavy atom. The SMILES string of the molecule is CCCCc1ncc(C(=O)N[C@@H](CS)CC(C)C)n1Cc1ccc(C(=O)O)cc1. The second-order valence-corrected chi connectivity index (χ2v) is 8.10. The molecule has 0 aliphatic carbocycles. The summed E-state index contributed by atoms with van der Waals surface area (Å²) in [5.41, 5.74) is 1.69. The highest BCUT2D eigenvalue weighted by Crippen LogP contribution is 2.15. The second-order valence-electron chi connectivity index (χ2n) is 7.73. The summed E-state index contributed by atoms with van der Waals surface area (Å²) >= 11 is 4.38. The van der Waals surface area contributed by atoms with Gasteiger partial charge in [-0.3, -0.25) is 4.79 Å². The normalized spacial score (nSPS) is 12.2. The molecule has 0 fully saturated rings. The van der Waals surface area contributed by atoms with Crippen molar-refractivity contribution in [2.45, 2.75) is 59.0 Å². The molecule has 1 aromatic heterocycles. The Hall–Kier alpha value is -2.28. The molecule has 0 aliphatic heterocycles. The zero-order chi connectivity index (χ0) is 21.4. The van der Waals surface area contributed by atoms with Crippen molar-refractivity contribution in [3.05, 3.63) is 53.1 Å². The van der Waals surface area contributed by atoms with Crippen LogP contribution < -0.4 is 5.32 Å². The number of carbonyl (C=O) groups excluding carboxylic acids is 1. The maximum atomic E-state index is 13.0. The number of nitrogens with zero attached hydrogens (tertiary/aromatic N) is 2. The number of aromatic carboxylic acids is 1. The average molecular weight is 418 g/mol. The first-order valence-electron chi connectivity index (χ1n) is 10.1. The molecule has 7 heteroatoms. The average Bonchev–Trinajstić information content (AvgIpc) is 3.08. The van der Waals surface area contributed by atoms with Gasteiger partial charge in [-0.15, -0.1) is 0 Å². The molecule has 6 nitrogen and oxygen atoms in total. The molecule has 0 saturated heterocycles. The number of carboxylic acids is 1. The molecule has 1 heterocycles. The van der Waals surface area contributed by atoms with Gasteiger partial charge in [0.1, 0.15) is 11.5 Å². The van der Waals surface area contributed by atoms with Crippen LogP contribution in [0.1, 0.15) is 72.3 Å². The number of benzene rings is 1. The van der Waals surface area contributed by atoms with Crippen molar-refractivity contribution in [2.75, 3.05) is 5.75 Å². The van der Waals surface area contributed by atoms with Crippen LogP contribution in [-0.4, -0.2) is 38.3 Å². The molecule has 0 radical (unpaired) electrons. The standard InChI is InChI=1S/C22H31N3O3S/c1-4-5-6-20-23-12-19(21(26)24-18(14-29)11-15(2)3)25(20)13-16-7-9-17(10-8-16)22(27)28/h7-10,12,15,18,29H,4-6,11,13-14H2,1-3H3,(H,24,26)(H,27,28)/t18-/m1/s1. The number of thiol groups is 1. The van der Waals surface area contributed by atoms with E-state index in [1.165, 1.54) is 0 Å². The molecule has 29 heavy (non-hydrogen) atoms. The molecular formula is C22H31N3O3S. The number of hydrogen-bond acceptors (Lipinski definition) is 4. The number of unbranched alkanes of at least 4 members (excludes halogenated alkanes) is 1. The van der Waals surface area contributed by atoms with Crippen molar-refractivity contribution in [2.24, 2.45) is 5.92 Å². The smallest absolute Gasteiger partial charge is 0.335 e. The van der Waals surface area contributed by atoms with E-state index >= 15 is 0 Å². The lowest BCUT2D eigenvalue weighted by molar-refractivity contribution is 0.0696. The van der Waals surface area contributed by atoms with Crippen molar-refractivity contribution in [3.8, 4) is 0 Å². The Morgan fingerprint density at radius 2 is 1.93 bits per heavy atom. The van der Waals surface area contributed by atoms with Gasteiger partial charge in [0, 0.05) is 24.8 Å². The Bertz CT molecular complexity index is 815. The summed E-state index contributed by atoms with van der Waals surface area (Å²) in [6, 6.07) is 6.73. The van der Waals surface area contributed by atoms with Crippen molar-refractivity contribution >= 4 is 24.5 Å². The number of aryl methyl sites for hydroxylation is 1. The first-order chi connectivity index (χ1) is 13.8. The summed E-state index contributed by atoms with van der Waals surface area (Å²) in [7, 11) is 0. The van der Waals surface area contributed by atoms with Crippen LogP contribution in [-0.2, 0) is 13.0 Å². The Kier molecular flexibility index (Phi) is 8.76. The Labute approximate surface area is 178 Å². The molecule has 0 spiro atoms. The molecule has 1 atom stereocenters. The fourth-order valence-corrected chi connectivity index (χ4v) is 3.49. The third-order valence-corrected chi connectivity index (χ3v) is 5.22. The van der Waals surface area contributed by atoms with E-state index in [2.05, 4.69) is 43.7 Å². The molecule has 0 saturated carbocycles. The van der Waals surface area contributed by atoms with Gasteiger partial charge in [0.2, 0.25) is 0 Å². The predicted octanol–water partition coefficient (Wildman–Crippen LogP) is 4.05. The number of carbonyl (C=O) groups is 2. The molecular weight excluding hydrogens is 386 g/mol. The van der Waals surface area contributed by atoms with Crippen LogP contribution in [0.25, 0.3) is 0 Å². The van der Waals surface area contributed by atoms with Crippen LogP contribution in [0.4, 0.5) is 0 Å². The molecule has 1 aromatic carbocycles. The predicted molar refractivity (Wildman–Crippen MR) is 118 cm³/mol. The zero-order valence-corrected chi connectivity index (χ0v) is 18.3. The van der Waals surface area contributed by atoms with Gasteiger partial charge in [0.25, 0.3) is 5.91 Å². The molecule has 2 aromatic rings. The first-order valence-corrected chi connectivity index (χ1v) is 10.8. The van der Waals surface area contributed by atoms with Crippen molar-refractivity contribution in [3.63, 3.8) is 0 Å². The summed E-state index contributed by atoms with van der Waals surface area (Å²) in [4.78, 5) is 28.5. The fourth-order valence-electron chi connectivity index (χ4n) is 3.25. The summed E-state index contributed by atoms with van der Waals surface area (Å²) < 4.78 is 1.94. The minimum absolute atomic E-state index is 0.00289. The van der Waals surface area contributed by atoms with Crippen molar-refractivity contribution in [1.82, 2.24) is 14.9 Å². The topological polar surface area (TPSA) is 84.2 Å². The van der Waals surface area contributed by atoms with Gasteiger partial charge in [0.05, 0.1) is 11.8 Å². The third-order valence-electron chi connectivity index (χ3n) is 4.78. The fraction of sp³-hybridized carbons (Fsp3) is 0.500. The maximum absolute atomic E-state index is 13.0. The van der Waals surface area contributed by atoms with Crippen LogP contribution in [0.5, 0.6) is 0 Å². The van der Waals surface area contributed by atoms with Gasteiger partial charge in [0.15, 0.2) is 0 Å². The highest BCUT2D eigenvalue weighted by molar-refractivity contribution is 7.80. The maximum Gasteiger partial charge on any atom is 0.335 e. The van der Waals surface area contributed by atoms with Crippen LogP contribution >= 0.6 is 12.6 Å². The van der Waals surface area contributed by atoms with Crippen LogP contribution in [0.3, 0.4) is 0 Å². The van der Waals surface area contributed by atoms with Crippen molar-refractivity contribution in [1.29, 1.82) is 0 Å². The first kappa shape index (κ1) is 23.0. The number of carboxylic acid groups (broad SMARTS) is 1. The monoisotopic (exact) mass is 417 g/mol. The number of rotatable bonds is 11. The zero-order valence-electron chi connectivity index (χ0n) is 17.4. The Balaban J connectivity index is 2.26. The van der Waals surface area contributed by atoms with E-state index in [4.69, 9.17) is 5.11 Å². The lowest BCUT2D eigenvalue weighted by Gasteiger charge is -2.19. The molecule has 0 aliphatic rings. The number of hydrogen-bond donors (Lipinski definition) is 3. The van der Waals surface area contributed by atoms with Gasteiger partial charge >= 0.3 is 5.97 Å². The van der Waals surface area contributed by atoms with Crippen LogP contribution in [0.2, 0.25) is 0 Å². The Morgan fingerprint density at radius 1 is 1.24 bits per heavy atom. The summed E-state index contributed by atoms with van der Waals surface area (Å²) in [5, 5.41) is 12.2. The van der Waals surface area contributed by atoms with Gasteiger partial charge in [-0.25, -0.2) is 9.78 Å². The second kappa shape index (κ2) is 11.0. The molecule has 0 unspecified atom stereocenters. The molecule has 2 rings (SSSR count). The summed E-state index contributed by atoms with van der Waals surface area (Å²) in [6.07, 6.45) is 5.32. The minimum atomic E-state index is -0.953. The largest absolute Gasteiger partial charge is 0.478 e. The molecule has 1 amide bonds. The summed E-state index contributed by atoms with van der Waals surface area (Å²) in [6.45, 7) is 6.83. The quantitative estimate of drug-likeness (QED) is 0.482. The number of nitrogens with one attached hydrogen (secondary N) is 1. The van der Waals surface area contributed by atoms with E-state index in [1.807, 2.05) is 4.57 Å². The lowest BCUT2D eigenvalue weighted by Crippen LogP contribution is -2.38. The highest BCUT2D eigenvalue weighted by atomic mass is 32.1. The molecule has 0 bridgehead atoms. The van der Waals surface area contributed by atoms with E-state index in [9.17, 15) is 9.59 Å². The van der Waals surface area contributed by atoms with E-state index < -0.39 is 5.97 Å². The summed E-state index contributed by atoms with van der Waals surface area (Å²) in [5.74, 6) is 0.806. The number of amides is 1. The van der Waals surface area contributed by atoms with E-state index in [0.717, 1.165) is 37.1 Å². The van der Waals surface area contributed by atoms with Crippen LogP contribution in [0.15, 0.2) is 30.5 Å². The van der Waals surface area contributed by atoms with E-state index in [1.54, 1.807) is 30.5 Å². The molecule has 2 N–H and O–H groups in total. The van der Waals surface area contributed by atoms with Gasteiger partial charge < -0.3 is 15.0 Å². The lowest BCUT2D eigenvalue weighted by atomic mass is 10.1. The van der Waals surface area contributed by atoms with Gasteiger partial charge in [-0.05, 0) is 36.5 Å². The van der Waals surface area contributed by atoms with Gasteiger partial charge in [-0.2, -0.15) is 12.6 Å². The van der Waals surface area contributed by atoms with Crippen LogP contribution in [0, 0.1) is 5.92 Å². The van der Waals surface area contributed by atoms with E-state index in [0.29, 0.717) is 23.9 Å². The van der Waals surface area contributed by atoms with Crippen molar-refractivity contribution < 1.29 is 14.7 Å². The number of imidazole rings is 1. The third kappa shape index (κ3) is 6.63.